The molecule has 32 heavy (non-hydrogen) atoms. The average Bonchev–Trinajstić information content (AvgIpc) is 2.66. The number of carbonyl (C=O) groups excluding carboxylic acids is 2. The van der Waals surface area contributed by atoms with Gasteiger partial charge in [-0.2, -0.15) is 16.8 Å². The molecule has 0 atom stereocenters. The number of nitrogens with one attached hydrogen (secondary N) is 2. The normalized spacial score (nSPS) is 11.8. The second-order valence-corrected chi connectivity index (χ2v) is 9.52. The lowest BCUT2D eigenvalue weighted by Crippen LogP contribution is -2.13. The van der Waals surface area contributed by atoms with Crippen LogP contribution in [0, 0.1) is 0 Å². The van der Waals surface area contributed by atoms with Crippen LogP contribution in [-0.4, -0.2) is 42.9 Å². The lowest BCUT2D eigenvalue weighted by atomic mass is 10.1. The highest BCUT2D eigenvalue weighted by Crippen LogP contribution is 2.36. The summed E-state index contributed by atoms with van der Waals surface area (Å²) in [6, 6.07) is 9.03. The highest BCUT2D eigenvalue weighted by Gasteiger charge is 2.21. The van der Waals surface area contributed by atoms with Crippen LogP contribution in [0.2, 0.25) is 0 Å². The summed E-state index contributed by atoms with van der Waals surface area (Å²) in [6.07, 6.45) is 0. The molecule has 0 aromatic heterocycles. The molecule has 0 radical (unpaired) electrons. The van der Waals surface area contributed by atoms with Gasteiger partial charge in [0, 0.05) is 29.6 Å². The van der Waals surface area contributed by atoms with Crippen molar-refractivity contribution in [2.75, 3.05) is 10.6 Å². The molecule has 3 aromatic rings. The van der Waals surface area contributed by atoms with Gasteiger partial charge in [0.25, 0.3) is 26.1 Å². The molecule has 5 N–H and O–H groups in total. The van der Waals surface area contributed by atoms with Crippen molar-refractivity contribution in [3.8, 4) is 5.75 Å². The molecule has 168 valence electrons. The average molecular weight is 480 g/mol. The molecule has 0 spiro atoms. The Kier molecular flexibility index (Phi) is 5.93. The van der Waals surface area contributed by atoms with Gasteiger partial charge in [-0.05, 0) is 47.9 Å². The largest absolute Gasteiger partial charge is 0.507 e. The van der Waals surface area contributed by atoms with Gasteiger partial charge < -0.3 is 15.7 Å². The van der Waals surface area contributed by atoms with Crippen molar-refractivity contribution in [3.05, 3.63) is 54.1 Å². The Morgan fingerprint density at radius 3 is 1.84 bits per heavy atom. The summed E-state index contributed by atoms with van der Waals surface area (Å²) in [6.45, 7) is 1.31. The number of benzene rings is 3. The monoisotopic (exact) mass is 480 g/mol. The molecule has 0 unspecified atom stereocenters. The van der Waals surface area contributed by atoms with Gasteiger partial charge in [0.2, 0.25) is 5.91 Å². The van der Waals surface area contributed by atoms with Crippen molar-refractivity contribution < 1.29 is 40.6 Å². The zero-order chi connectivity index (χ0) is 23.8. The Morgan fingerprint density at radius 2 is 1.34 bits per heavy atom. The molecule has 13 heteroatoms. The zero-order valence-corrected chi connectivity index (χ0v) is 17.9. The molecule has 0 aliphatic carbocycles. The standard InChI is InChI=1S/C19H16N2O9S2/c1-10(22)20-13-4-2-11(3-5-13)19(24)21-16-8-14(31(25,26)27)6-12-7-15(32(28,29)30)9-17(23)18(12)16/h2-9,23H,1H3,(H,20,22)(H,21,24)(H,25,26,27)(H,28,29,30). The Labute approximate surface area is 182 Å². The summed E-state index contributed by atoms with van der Waals surface area (Å²) < 4.78 is 64.8. The smallest absolute Gasteiger partial charge is 0.294 e. The van der Waals surface area contributed by atoms with E-state index in [9.17, 15) is 40.6 Å². The van der Waals surface area contributed by atoms with E-state index >= 15 is 0 Å². The Hall–Kier alpha value is -3.52. The number of phenolic OH excluding ortho intramolecular Hbond substituents is 1. The highest BCUT2D eigenvalue weighted by atomic mass is 32.2. The first kappa shape index (κ1) is 23.1. The van der Waals surface area contributed by atoms with Crippen molar-refractivity contribution in [1.29, 1.82) is 0 Å². The van der Waals surface area contributed by atoms with Gasteiger partial charge in [0.05, 0.1) is 15.5 Å². The minimum atomic E-state index is -4.78. The zero-order valence-electron chi connectivity index (χ0n) is 16.2. The van der Waals surface area contributed by atoms with Gasteiger partial charge in [-0.25, -0.2) is 0 Å². The van der Waals surface area contributed by atoms with Gasteiger partial charge in [0.1, 0.15) is 5.75 Å². The van der Waals surface area contributed by atoms with E-state index < -0.39 is 41.7 Å². The van der Waals surface area contributed by atoms with Crippen molar-refractivity contribution >= 4 is 54.2 Å². The van der Waals surface area contributed by atoms with Crippen LogP contribution in [0.5, 0.6) is 5.75 Å². The minimum absolute atomic E-state index is 0.110. The van der Waals surface area contributed by atoms with Crippen molar-refractivity contribution in [2.24, 2.45) is 0 Å². The number of hydrogen-bond acceptors (Lipinski definition) is 7. The summed E-state index contributed by atoms with van der Waals surface area (Å²) in [5.74, 6) is -1.71. The maximum atomic E-state index is 12.7. The Balaban J connectivity index is 2.12. The first-order valence-corrected chi connectivity index (χ1v) is 11.6. The number of amides is 2. The number of anilines is 2. The predicted molar refractivity (Wildman–Crippen MR) is 114 cm³/mol. The Morgan fingerprint density at radius 1 is 0.812 bits per heavy atom. The third-order valence-electron chi connectivity index (χ3n) is 4.29. The fraction of sp³-hybridized carbons (Fsp3) is 0.0526. The minimum Gasteiger partial charge on any atom is -0.507 e. The number of hydrogen-bond donors (Lipinski definition) is 5. The second-order valence-electron chi connectivity index (χ2n) is 6.67. The third kappa shape index (κ3) is 5.03. The molecule has 3 aromatic carbocycles. The predicted octanol–water partition coefficient (Wildman–Crippen LogP) is 2.25. The van der Waals surface area contributed by atoms with Gasteiger partial charge in [-0.3, -0.25) is 18.7 Å². The summed E-state index contributed by atoms with van der Waals surface area (Å²) >= 11 is 0. The van der Waals surface area contributed by atoms with Gasteiger partial charge >= 0.3 is 0 Å². The van der Waals surface area contributed by atoms with Crippen molar-refractivity contribution in [3.63, 3.8) is 0 Å². The molecular weight excluding hydrogens is 464 g/mol. The number of carbonyl (C=O) groups is 2. The number of rotatable bonds is 5. The molecular formula is C19H16N2O9S2. The van der Waals surface area contributed by atoms with E-state index in [0.717, 1.165) is 24.3 Å². The fourth-order valence-electron chi connectivity index (χ4n) is 2.94. The highest BCUT2D eigenvalue weighted by molar-refractivity contribution is 7.86. The molecule has 0 saturated carbocycles. The van der Waals surface area contributed by atoms with Crippen LogP contribution in [0.3, 0.4) is 0 Å². The van der Waals surface area contributed by atoms with Crippen LogP contribution < -0.4 is 10.6 Å². The van der Waals surface area contributed by atoms with Crippen LogP contribution in [0.1, 0.15) is 17.3 Å². The van der Waals surface area contributed by atoms with E-state index in [0.29, 0.717) is 5.69 Å². The number of aromatic hydroxyl groups is 1. The summed E-state index contributed by atoms with van der Waals surface area (Å²) in [7, 11) is -9.53. The molecule has 0 saturated heterocycles. The van der Waals surface area contributed by atoms with Crippen LogP contribution in [-0.2, 0) is 25.0 Å². The molecule has 0 fully saturated rings. The molecule has 2 amide bonds. The quantitative estimate of drug-likeness (QED) is 0.341. The topological polar surface area (TPSA) is 187 Å². The fourth-order valence-corrected chi connectivity index (χ4v) is 4.02. The molecule has 0 bridgehead atoms. The van der Waals surface area contributed by atoms with Crippen molar-refractivity contribution in [1.82, 2.24) is 0 Å². The lowest BCUT2D eigenvalue weighted by Gasteiger charge is -2.13. The van der Waals surface area contributed by atoms with E-state index in [2.05, 4.69) is 10.6 Å². The molecule has 11 nitrogen and oxygen atoms in total. The molecule has 0 heterocycles. The van der Waals surface area contributed by atoms with E-state index in [4.69, 9.17) is 0 Å². The summed E-state index contributed by atoms with van der Waals surface area (Å²) in [5.41, 5.74) is 0.298. The maximum absolute atomic E-state index is 12.7. The number of fused-ring (bicyclic) bond motifs is 1. The second kappa shape index (κ2) is 8.20. The van der Waals surface area contributed by atoms with Crippen LogP contribution in [0.25, 0.3) is 10.8 Å². The van der Waals surface area contributed by atoms with Crippen LogP contribution >= 0.6 is 0 Å². The van der Waals surface area contributed by atoms with Crippen LogP contribution in [0.15, 0.2) is 58.3 Å². The summed E-state index contributed by atoms with van der Waals surface area (Å²) in [4.78, 5) is 22.3. The van der Waals surface area contributed by atoms with E-state index in [1.165, 1.54) is 31.2 Å². The summed E-state index contributed by atoms with van der Waals surface area (Å²) in [5, 5.41) is 14.9. The van der Waals surface area contributed by atoms with E-state index in [1.807, 2.05) is 0 Å². The Bertz CT molecular complexity index is 1460. The van der Waals surface area contributed by atoms with Gasteiger partial charge in [-0.1, -0.05) is 0 Å². The lowest BCUT2D eigenvalue weighted by molar-refractivity contribution is -0.114. The third-order valence-corrected chi connectivity index (χ3v) is 5.95. The van der Waals surface area contributed by atoms with E-state index in [1.54, 1.807) is 0 Å². The maximum Gasteiger partial charge on any atom is 0.294 e. The van der Waals surface area contributed by atoms with Crippen molar-refractivity contribution in [2.45, 2.75) is 16.7 Å². The van der Waals surface area contributed by atoms with E-state index in [-0.39, 0.29) is 27.9 Å². The molecule has 0 aliphatic heterocycles. The SMILES string of the molecule is CC(=O)Nc1ccc(C(=O)Nc2cc(S(=O)(=O)O)cc3cc(S(=O)(=O)O)cc(O)c23)cc1. The number of phenols is 1. The first-order chi connectivity index (χ1) is 14.8. The van der Waals surface area contributed by atoms with Crippen LogP contribution in [0.4, 0.5) is 11.4 Å². The molecule has 3 rings (SSSR count). The van der Waals surface area contributed by atoms with Gasteiger partial charge in [-0.15, -0.1) is 0 Å². The first-order valence-electron chi connectivity index (χ1n) is 8.70. The van der Waals surface area contributed by atoms with Gasteiger partial charge in [0.15, 0.2) is 0 Å². The molecule has 0 aliphatic rings.